The van der Waals surface area contributed by atoms with Crippen molar-refractivity contribution in [3.63, 3.8) is 0 Å². The van der Waals surface area contributed by atoms with Crippen LogP contribution in [0.4, 0.5) is 4.39 Å². The monoisotopic (exact) mass is 370 g/mol. The molecule has 2 heterocycles. The third-order valence-corrected chi connectivity index (χ3v) is 7.34. The summed E-state index contributed by atoms with van der Waals surface area (Å²) in [5, 5.41) is 9.45. The minimum Gasteiger partial charge on any atom is -0.481 e. The first-order valence-corrected chi connectivity index (χ1v) is 9.38. The fourth-order valence-electron chi connectivity index (χ4n) is 3.89. The molecule has 3 rings (SSSR count). The molecular formula is C16H19FN2O5S. The van der Waals surface area contributed by atoms with Gasteiger partial charge in [0.2, 0.25) is 15.9 Å². The van der Waals surface area contributed by atoms with Gasteiger partial charge >= 0.3 is 5.97 Å². The van der Waals surface area contributed by atoms with E-state index in [4.69, 9.17) is 0 Å². The number of aliphatic carboxylic acids is 1. The van der Waals surface area contributed by atoms with E-state index >= 15 is 0 Å². The number of carboxylic acid groups (broad SMARTS) is 1. The summed E-state index contributed by atoms with van der Waals surface area (Å²) in [6.07, 6.45) is 0.339. The van der Waals surface area contributed by atoms with Crippen LogP contribution in [0, 0.1) is 11.7 Å². The quantitative estimate of drug-likeness (QED) is 0.853. The largest absolute Gasteiger partial charge is 0.481 e. The highest BCUT2D eigenvalue weighted by Crippen LogP contribution is 2.43. The number of hydrogen-bond acceptors (Lipinski definition) is 4. The number of rotatable bonds is 3. The fourth-order valence-corrected chi connectivity index (χ4v) is 5.40. The maximum atomic E-state index is 13.9. The Morgan fingerprint density at radius 2 is 1.88 bits per heavy atom. The van der Waals surface area contributed by atoms with E-state index in [1.54, 1.807) is 7.05 Å². The highest BCUT2D eigenvalue weighted by molar-refractivity contribution is 7.89. The minimum atomic E-state index is -4.00. The number of halogens is 1. The van der Waals surface area contributed by atoms with Crippen LogP contribution in [0.2, 0.25) is 0 Å². The van der Waals surface area contributed by atoms with Crippen LogP contribution in [0.1, 0.15) is 19.3 Å². The lowest BCUT2D eigenvalue weighted by atomic mass is 9.77. The van der Waals surface area contributed by atoms with Crippen molar-refractivity contribution in [2.24, 2.45) is 5.92 Å². The number of nitrogens with zero attached hydrogens (tertiary/aromatic N) is 2. The summed E-state index contributed by atoms with van der Waals surface area (Å²) >= 11 is 0. The number of likely N-dealkylation sites (tertiary alicyclic amines) is 1. The number of carbonyl (C=O) groups is 2. The summed E-state index contributed by atoms with van der Waals surface area (Å²) in [5.74, 6) is -2.98. The maximum Gasteiger partial charge on any atom is 0.309 e. The molecule has 1 aromatic carbocycles. The van der Waals surface area contributed by atoms with Gasteiger partial charge in [-0.15, -0.1) is 0 Å². The SMILES string of the molecule is CN1C(=O)C[C@H](C(=O)O)C12CCN(S(=O)(=O)c1ccccc1F)CC2. The average Bonchev–Trinajstić information content (AvgIpc) is 2.81. The Kier molecular flexibility index (Phi) is 4.32. The molecule has 7 nitrogen and oxygen atoms in total. The lowest BCUT2D eigenvalue weighted by Crippen LogP contribution is -2.56. The molecular weight excluding hydrogens is 351 g/mol. The highest BCUT2D eigenvalue weighted by atomic mass is 32.2. The van der Waals surface area contributed by atoms with Crippen LogP contribution in [-0.2, 0) is 19.6 Å². The molecule has 1 N–H and O–H groups in total. The van der Waals surface area contributed by atoms with Gasteiger partial charge in [0, 0.05) is 26.6 Å². The molecule has 2 fully saturated rings. The number of piperidine rings is 1. The lowest BCUT2D eigenvalue weighted by molar-refractivity contribution is -0.145. The topological polar surface area (TPSA) is 95.0 Å². The Morgan fingerprint density at radius 1 is 1.28 bits per heavy atom. The maximum absolute atomic E-state index is 13.9. The van der Waals surface area contributed by atoms with Crippen molar-refractivity contribution in [3.05, 3.63) is 30.1 Å². The number of carbonyl (C=O) groups excluding carboxylic acids is 1. The Labute approximate surface area is 145 Å². The second-order valence-electron chi connectivity index (χ2n) is 6.49. The summed E-state index contributed by atoms with van der Waals surface area (Å²) in [6.45, 7) is 0.0795. The van der Waals surface area contributed by atoms with Gasteiger partial charge in [0.05, 0.1) is 11.5 Å². The molecule has 0 radical (unpaired) electrons. The van der Waals surface area contributed by atoms with Crippen LogP contribution in [0.15, 0.2) is 29.2 Å². The van der Waals surface area contributed by atoms with Crippen molar-refractivity contribution >= 4 is 21.9 Å². The summed E-state index contributed by atoms with van der Waals surface area (Å²) in [7, 11) is -2.44. The zero-order valence-corrected chi connectivity index (χ0v) is 14.5. The van der Waals surface area contributed by atoms with E-state index in [2.05, 4.69) is 0 Å². The number of hydrogen-bond donors (Lipinski definition) is 1. The van der Waals surface area contributed by atoms with Gasteiger partial charge in [0.1, 0.15) is 10.7 Å². The molecule has 1 spiro atoms. The predicted octanol–water partition coefficient (Wildman–Crippen LogP) is 0.912. The van der Waals surface area contributed by atoms with Gasteiger partial charge in [-0.2, -0.15) is 4.31 Å². The van der Waals surface area contributed by atoms with E-state index in [0.717, 1.165) is 10.4 Å². The summed E-state index contributed by atoms with van der Waals surface area (Å²) < 4.78 is 40.4. The first-order chi connectivity index (χ1) is 11.7. The Bertz CT molecular complexity index is 818. The minimum absolute atomic E-state index is 0.0397. The van der Waals surface area contributed by atoms with Crippen LogP contribution in [0.3, 0.4) is 0 Å². The molecule has 136 valence electrons. The molecule has 2 aliphatic heterocycles. The van der Waals surface area contributed by atoms with Crippen molar-refractivity contribution in [3.8, 4) is 0 Å². The average molecular weight is 370 g/mol. The molecule has 0 bridgehead atoms. The smallest absolute Gasteiger partial charge is 0.309 e. The lowest BCUT2D eigenvalue weighted by Gasteiger charge is -2.45. The van der Waals surface area contributed by atoms with E-state index in [0.29, 0.717) is 0 Å². The fraction of sp³-hybridized carbons (Fsp3) is 0.500. The van der Waals surface area contributed by atoms with Gasteiger partial charge in [-0.3, -0.25) is 9.59 Å². The Balaban J connectivity index is 1.85. The molecule has 1 atom stereocenters. The summed E-state index contributed by atoms with van der Waals surface area (Å²) in [4.78, 5) is 24.6. The van der Waals surface area contributed by atoms with Crippen LogP contribution in [0.5, 0.6) is 0 Å². The summed E-state index contributed by atoms with van der Waals surface area (Å²) in [5.41, 5.74) is -0.885. The van der Waals surface area contributed by atoms with Crippen LogP contribution >= 0.6 is 0 Å². The first-order valence-electron chi connectivity index (χ1n) is 7.94. The van der Waals surface area contributed by atoms with Crippen molar-refractivity contribution in [2.75, 3.05) is 20.1 Å². The predicted molar refractivity (Wildman–Crippen MR) is 85.6 cm³/mol. The number of carboxylic acids is 1. The van der Waals surface area contributed by atoms with E-state index in [1.165, 1.54) is 23.1 Å². The Hall–Kier alpha value is -2.00. The van der Waals surface area contributed by atoms with E-state index < -0.39 is 38.2 Å². The van der Waals surface area contributed by atoms with E-state index in [-0.39, 0.29) is 38.3 Å². The molecule has 0 aliphatic carbocycles. The van der Waals surface area contributed by atoms with Crippen LogP contribution in [-0.4, -0.2) is 60.3 Å². The van der Waals surface area contributed by atoms with Crippen molar-refractivity contribution < 1.29 is 27.5 Å². The molecule has 1 amide bonds. The molecule has 9 heteroatoms. The molecule has 0 unspecified atom stereocenters. The molecule has 0 aromatic heterocycles. The third-order valence-electron chi connectivity index (χ3n) is 5.41. The zero-order valence-electron chi connectivity index (χ0n) is 13.7. The zero-order chi connectivity index (χ0) is 18.4. The molecule has 2 aliphatic rings. The highest BCUT2D eigenvalue weighted by Gasteiger charge is 2.56. The van der Waals surface area contributed by atoms with Gasteiger partial charge in [0.25, 0.3) is 0 Å². The number of sulfonamides is 1. The third kappa shape index (κ3) is 2.71. The first kappa shape index (κ1) is 17.8. The van der Waals surface area contributed by atoms with Gasteiger partial charge in [-0.05, 0) is 25.0 Å². The number of amides is 1. The normalized spacial score (nSPS) is 24.0. The van der Waals surface area contributed by atoms with E-state index in [9.17, 15) is 27.5 Å². The molecule has 0 saturated carbocycles. The van der Waals surface area contributed by atoms with Crippen molar-refractivity contribution in [1.82, 2.24) is 9.21 Å². The second kappa shape index (κ2) is 6.06. The Morgan fingerprint density at radius 3 is 2.44 bits per heavy atom. The van der Waals surface area contributed by atoms with Gasteiger partial charge in [-0.1, -0.05) is 12.1 Å². The van der Waals surface area contributed by atoms with Gasteiger partial charge < -0.3 is 10.0 Å². The second-order valence-corrected chi connectivity index (χ2v) is 8.39. The van der Waals surface area contributed by atoms with E-state index in [1.807, 2.05) is 0 Å². The molecule has 25 heavy (non-hydrogen) atoms. The molecule has 2 saturated heterocycles. The summed E-state index contributed by atoms with van der Waals surface area (Å²) in [6, 6.07) is 5.16. The number of benzene rings is 1. The standard InChI is InChI=1S/C16H19FN2O5S/c1-18-14(20)10-11(15(21)22)16(18)6-8-19(9-7-16)25(23,24)13-5-3-2-4-12(13)17/h2-5,11H,6-10H2,1H3,(H,21,22)/t11-/m1/s1. The van der Waals surface area contributed by atoms with Crippen molar-refractivity contribution in [2.45, 2.75) is 29.7 Å². The van der Waals surface area contributed by atoms with Crippen LogP contribution in [0.25, 0.3) is 0 Å². The van der Waals surface area contributed by atoms with Gasteiger partial charge in [0.15, 0.2) is 0 Å². The van der Waals surface area contributed by atoms with Crippen molar-refractivity contribution in [1.29, 1.82) is 0 Å². The van der Waals surface area contributed by atoms with Crippen LogP contribution < -0.4 is 0 Å². The molecule has 1 aromatic rings. The van der Waals surface area contributed by atoms with Gasteiger partial charge in [-0.25, -0.2) is 12.8 Å².